The summed E-state index contributed by atoms with van der Waals surface area (Å²) in [5, 5.41) is 2.34. The number of fused-ring (bicyclic) bond motifs is 3. The van der Waals surface area contributed by atoms with Crippen molar-refractivity contribution in [2.75, 3.05) is 6.54 Å². The number of imidazole rings is 1. The Morgan fingerprint density at radius 1 is 1.24 bits per heavy atom. The van der Waals surface area contributed by atoms with Gasteiger partial charge in [0.15, 0.2) is 0 Å². The lowest BCUT2D eigenvalue weighted by Crippen LogP contribution is -2.02. The van der Waals surface area contributed by atoms with Crippen LogP contribution in [0.25, 0.3) is 16.4 Å². The van der Waals surface area contributed by atoms with Crippen LogP contribution in [0.4, 0.5) is 0 Å². The predicted molar refractivity (Wildman–Crippen MR) is 73.2 cm³/mol. The van der Waals surface area contributed by atoms with E-state index in [-0.39, 0.29) is 0 Å². The highest BCUT2D eigenvalue weighted by atomic mass is 79.9. The van der Waals surface area contributed by atoms with Crippen LogP contribution in [0.3, 0.4) is 0 Å². The van der Waals surface area contributed by atoms with E-state index in [0.717, 1.165) is 27.6 Å². The number of halogens is 1. The molecular weight excluding hydrogens is 278 g/mol. The first kappa shape index (κ1) is 10.7. The van der Waals surface area contributed by atoms with Crippen molar-refractivity contribution in [2.24, 2.45) is 5.73 Å². The van der Waals surface area contributed by atoms with Gasteiger partial charge in [-0.15, -0.1) is 0 Å². The molecule has 0 amide bonds. The van der Waals surface area contributed by atoms with E-state index >= 15 is 0 Å². The third kappa shape index (κ3) is 1.73. The summed E-state index contributed by atoms with van der Waals surface area (Å²) in [6.07, 6.45) is 4.90. The third-order valence-electron chi connectivity index (χ3n) is 2.88. The lowest BCUT2D eigenvalue weighted by molar-refractivity contribution is 0.937. The zero-order chi connectivity index (χ0) is 11.8. The summed E-state index contributed by atoms with van der Waals surface area (Å²) in [5.74, 6) is 0. The van der Waals surface area contributed by atoms with Gasteiger partial charge in [-0.2, -0.15) is 0 Å². The first-order valence-electron chi connectivity index (χ1n) is 5.54. The third-order valence-corrected chi connectivity index (χ3v) is 3.57. The van der Waals surface area contributed by atoms with E-state index in [2.05, 4.69) is 37.4 Å². The molecule has 0 saturated carbocycles. The van der Waals surface area contributed by atoms with Gasteiger partial charge in [0.2, 0.25) is 0 Å². The lowest BCUT2D eigenvalue weighted by Gasteiger charge is -2.01. The highest BCUT2D eigenvalue weighted by molar-refractivity contribution is 9.10. The standard InChI is InChI=1S/C13H12BrN3/c14-12-3-1-2-11-10(12)5-7-17-8-9(4-6-15)16-13(11)17/h1-3,5,7-8H,4,6,15H2. The van der Waals surface area contributed by atoms with Gasteiger partial charge in [0, 0.05) is 34.1 Å². The van der Waals surface area contributed by atoms with E-state index in [1.807, 2.05) is 24.5 Å². The highest BCUT2D eigenvalue weighted by Crippen LogP contribution is 2.26. The van der Waals surface area contributed by atoms with Crippen LogP contribution in [0, 0.1) is 0 Å². The van der Waals surface area contributed by atoms with Crippen molar-refractivity contribution in [2.45, 2.75) is 6.42 Å². The van der Waals surface area contributed by atoms with Crippen molar-refractivity contribution in [3.8, 4) is 0 Å². The topological polar surface area (TPSA) is 43.3 Å². The van der Waals surface area contributed by atoms with Crippen LogP contribution >= 0.6 is 15.9 Å². The molecule has 0 aliphatic heterocycles. The van der Waals surface area contributed by atoms with Gasteiger partial charge in [0.1, 0.15) is 5.65 Å². The van der Waals surface area contributed by atoms with Crippen molar-refractivity contribution < 1.29 is 0 Å². The molecule has 2 heterocycles. The molecule has 1 aromatic carbocycles. The minimum Gasteiger partial charge on any atom is -0.330 e. The molecule has 3 rings (SSSR count). The fourth-order valence-corrected chi connectivity index (χ4v) is 2.58. The molecule has 0 unspecified atom stereocenters. The molecule has 0 aliphatic rings. The zero-order valence-corrected chi connectivity index (χ0v) is 10.8. The number of nitrogens with zero attached hydrogens (tertiary/aromatic N) is 2. The summed E-state index contributed by atoms with van der Waals surface area (Å²) in [6, 6.07) is 8.27. The Morgan fingerprint density at radius 3 is 2.94 bits per heavy atom. The molecule has 0 radical (unpaired) electrons. The van der Waals surface area contributed by atoms with E-state index in [9.17, 15) is 0 Å². The summed E-state index contributed by atoms with van der Waals surface area (Å²) in [7, 11) is 0. The number of aromatic nitrogens is 2. The Kier molecular flexibility index (Phi) is 2.61. The number of hydrogen-bond donors (Lipinski definition) is 1. The van der Waals surface area contributed by atoms with Crippen molar-refractivity contribution in [1.82, 2.24) is 9.38 Å². The maximum absolute atomic E-state index is 5.56. The van der Waals surface area contributed by atoms with Crippen molar-refractivity contribution >= 4 is 32.3 Å². The monoisotopic (exact) mass is 289 g/mol. The molecule has 4 heteroatoms. The second-order valence-electron chi connectivity index (χ2n) is 4.02. The van der Waals surface area contributed by atoms with Gasteiger partial charge in [-0.25, -0.2) is 4.98 Å². The molecule has 0 saturated heterocycles. The van der Waals surface area contributed by atoms with E-state index in [1.165, 1.54) is 5.39 Å². The maximum Gasteiger partial charge on any atom is 0.144 e. The van der Waals surface area contributed by atoms with Crippen LogP contribution in [0.5, 0.6) is 0 Å². The first-order valence-corrected chi connectivity index (χ1v) is 6.34. The van der Waals surface area contributed by atoms with Gasteiger partial charge >= 0.3 is 0 Å². The first-order chi connectivity index (χ1) is 8.29. The van der Waals surface area contributed by atoms with Crippen LogP contribution in [0.2, 0.25) is 0 Å². The molecule has 0 atom stereocenters. The SMILES string of the molecule is NCCc1cn2ccc3c(Br)cccc3c2n1. The molecule has 0 fully saturated rings. The fraction of sp³-hybridized carbons (Fsp3) is 0.154. The van der Waals surface area contributed by atoms with E-state index in [4.69, 9.17) is 5.73 Å². The number of hydrogen-bond acceptors (Lipinski definition) is 2. The number of rotatable bonds is 2. The Hall–Kier alpha value is -1.39. The van der Waals surface area contributed by atoms with Crippen molar-refractivity contribution in [3.05, 3.63) is 46.8 Å². The van der Waals surface area contributed by atoms with Crippen molar-refractivity contribution in [3.63, 3.8) is 0 Å². The largest absolute Gasteiger partial charge is 0.330 e. The van der Waals surface area contributed by atoms with Crippen LogP contribution < -0.4 is 5.73 Å². The molecule has 17 heavy (non-hydrogen) atoms. The smallest absolute Gasteiger partial charge is 0.144 e. The second-order valence-corrected chi connectivity index (χ2v) is 4.87. The molecule has 3 aromatic rings. The molecular formula is C13H12BrN3. The van der Waals surface area contributed by atoms with Gasteiger partial charge in [0.05, 0.1) is 5.69 Å². The summed E-state index contributed by atoms with van der Waals surface area (Å²) in [4.78, 5) is 4.63. The van der Waals surface area contributed by atoms with E-state index in [0.29, 0.717) is 6.54 Å². The molecule has 2 aromatic heterocycles. The average molecular weight is 290 g/mol. The minimum atomic E-state index is 0.630. The second kappa shape index (κ2) is 4.13. The molecule has 0 bridgehead atoms. The lowest BCUT2D eigenvalue weighted by atomic mass is 10.2. The van der Waals surface area contributed by atoms with Gasteiger partial charge in [-0.05, 0) is 18.7 Å². The molecule has 2 N–H and O–H groups in total. The highest BCUT2D eigenvalue weighted by Gasteiger charge is 2.06. The Morgan fingerprint density at radius 2 is 2.12 bits per heavy atom. The Bertz CT molecular complexity index is 688. The number of nitrogens with two attached hydrogens (primary N) is 1. The van der Waals surface area contributed by atoms with Crippen LogP contribution in [-0.2, 0) is 6.42 Å². The normalized spacial score (nSPS) is 11.4. The van der Waals surface area contributed by atoms with Crippen molar-refractivity contribution in [1.29, 1.82) is 0 Å². The average Bonchev–Trinajstić information content (AvgIpc) is 2.73. The van der Waals surface area contributed by atoms with Gasteiger partial charge in [-0.1, -0.05) is 28.1 Å². The van der Waals surface area contributed by atoms with Crippen LogP contribution in [-0.4, -0.2) is 15.9 Å². The van der Waals surface area contributed by atoms with E-state index in [1.54, 1.807) is 0 Å². The Labute approximate surface area is 107 Å². The van der Waals surface area contributed by atoms with Gasteiger partial charge in [-0.3, -0.25) is 0 Å². The Balaban J connectivity index is 2.35. The van der Waals surface area contributed by atoms with Crippen LogP contribution in [0.1, 0.15) is 5.69 Å². The quantitative estimate of drug-likeness (QED) is 0.788. The zero-order valence-electron chi connectivity index (χ0n) is 9.23. The summed E-state index contributed by atoms with van der Waals surface area (Å²) >= 11 is 3.56. The summed E-state index contributed by atoms with van der Waals surface area (Å²) in [6.45, 7) is 0.630. The van der Waals surface area contributed by atoms with Gasteiger partial charge < -0.3 is 10.1 Å². The summed E-state index contributed by atoms with van der Waals surface area (Å²) < 4.78 is 3.15. The molecule has 86 valence electrons. The minimum absolute atomic E-state index is 0.630. The van der Waals surface area contributed by atoms with E-state index < -0.39 is 0 Å². The molecule has 0 spiro atoms. The van der Waals surface area contributed by atoms with Crippen LogP contribution in [0.15, 0.2) is 41.1 Å². The number of pyridine rings is 1. The fourth-order valence-electron chi connectivity index (χ4n) is 2.08. The molecule has 0 aliphatic carbocycles. The maximum atomic E-state index is 5.56. The molecule has 3 nitrogen and oxygen atoms in total. The summed E-state index contributed by atoms with van der Waals surface area (Å²) in [5.41, 5.74) is 7.60. The van der Waals surface area contributed by atoms with Gasteiger partial charge in [0.25, 0.3) is 0 Å². The number of benzene rings is 1. The predicted octanol–water partition coefficient (Wildman–Crippen LogP) is 2.75.